The minimum Gasteiger partial charge on any atom is -0.481 e. The SMILES string of the molecule is COC(=O)CC1(c2ccc(Cl)cc2)Cc2c(ccc3ccccc23)O1. The van der Waals surface area contributed by atoms with E-state index >= 15 is 0 Å². The molecule has 1 atom stereocenters. The summed E-state index contributed by atoms with van der Waals surface area (Å²) < 4.78 is 11.3. The van der Waals surface area contributed by atoms with Crippen molar-refractivity contribution in [3.63, 3.8) is 0 Å². The van der Waals surface area contributed by atoms with Crippen LogP contribution in [0.1, 0.15) is 17.5 Å². The van der Waals surface area contributed by atoms with E-state index in [1.807, 2.05) is 48.5 Å². The molecule has 0 aromatic heterocycles. The van der Waals surface area contributed by atoms with Crippen molar-refractivity contribution in [1.29, 1.82) is 0 Å². The second kappa shape index (κ2) is 6.08. The molecule has 4 rings (SSSR count). The zero-order valence-electron chi connectivity index (χ0n) is 13.8. The molecule has 0 radical (unpaired) electrons. The maximum Gasteiger partial charge on any atom is 0.309 e. The van der Waals surface area contributed by atoms with E-state index in [0.717, 1.165) is 27.6 Å². The van der Waals surface area contributed by atoms with E-state index in [1.165, 1.54) is 7.11 Å². The maximum absolute atomic E-state index is 12.1. The number of carbonyl (C=O) groups excluding carboxylic acids is 1. The highest BCUT2D eigenvalue weighted by molar-refractivity contribution is 6.30. The summed E-state index contributed by atoms with van der Waals surface area (Å²) in [5.74, 6) is 0.518. The average molecular weight is 353 g/mol. The molecule has 126 valence electrons. The molecular formula is C21H17ClO3. The predicted octanol–water partition coefficient (Wildman–Crippen LogP) is 4.89. The Morgan fingerprint density at radius 3 is 2.64 bits per heavy atom. The molecule has 1 unspecified atom stereocenters. The van der Waals surface area contributed by atoms with Crippen LogP contribution in [-0.2, 0) is 21.6 Å². The van der Waals surface area contributed by atoms with Crippen LogP contribution in [0.2, 0.25) is 5.02 Å². The third-order valence-corrected chi connectivity index (χ3v) is 5.05. The molecule has 0 N–H and O–H groups in total. The topological polar surface area (TPSA) is 35.5 Å². The van der Waals surface area contributed by atoms with Crippen molar-refractivity contribution in [2.75, 3.05) is 7.11 Å². The van der Waals surface area contributed by atoms with Crippen molar-refractivity contribution < 1.29 is 14.3 Å². The van der Waals surface area contributed by atoms with Gasteiger partial charge in [-0.3, -0.25) is 4.79 Å². The third-order valence-electron chi connectivity index (χ3n) is 4.79. The zero-order valence-corrected chi connectivity index (χ0v) is 14.5. The van der Waals surface area contributed by atoms with Gasteiger partial charge in [0.2, 0.25) is 0 Å². The molecule has 0 bridgehead atoms. The minimum atomic E-state index is -0.774. The summed E-state index contributed by atoms with van der Waals surface area (Å²) in [6.07, 6.45) is 0.758. The second-order valence-corrected chi connectivity index (χ2v) is 6.73. The van der Waals surface area contributed by atoms with Crippen LogP contribution >= 0.6 is 11.6 Å². The van der Waals surface area contributed by atoms with Crippen molar-refractivity contribution in [3.8, 4) is 5.75 Å². The van der Waals surface area contributed by atoms with E-state index in [-0.39, 0.29) is 12.4 Å². The quantitative estimate of drug-likeness (QED) is 0.630. The smallest absolute Gasteiger partial charge is 0.309 e. The molecule has 1 aliphatic heterocycles. The average Bonchev–Trinajstić information content (AvgIpc) is 3.02. The largest absolute Gasteiger partial charge is 0.481 e. The minimum absolute atomic E-state index is 0.147. The van der Waals surface area contributed by atoms with E-state index in [1.54, 1.807) is 0 Å². The lowest BCUT2D eigenvalue weighted by atomic mass is 9.85. The fourth-order valence-electron chi connectivity index (χ4n) is 3.55. The first kappa shape index (κ1) is 16.0. The van der Waals surface area contributed by atoms with Gasteiger partial charge in [-0.1, -0.05) is 54.1 Å². The van der Waals surface area contributed by atoms with Gasteiger partial charge in [-0.05, 0) is 34.5 Å². The zero-order chi connectivity index (χ0) is 17.4. The van der Waals surface area contributed by atoms with Gasteiger partial charge in [0, 0.05) is 17.0 Å². The van der Waals surface area contributed by atoms with Gasteiger partial charge in [-0.15, -0.1) is 0 Å². The molecule has 25 heavy (non-hydrogen) atoms. The van der Waals surface area contributed by atoms with Crippen LogP contribution < -0.4 is 4.74 Å². The molecule has 3 aromatic carbocycles. The fourth-order valence-corrected chi connectivity index (χ4v) is 3.67. The molecule has 3 nitrogen and oxygen atoms in total. The maximum atomic E-state index is 12.1. The molecule has 0 amide bonds. The molecule has 0 saturated carbocycles. The van der Waals surface area contributed by atoms with Gasteiger partial charge in [0.1, 0.15) is 11.4 Å². The fraction of sp³-hybridized carbons (Fsp3) is 0.190. The Morgan fingerprint density at radius 2 is 1.88 bits per heavy atom. The Labute approximate surface area is 151 Å². The molecule has 0 aliphatic carbocycles. The van der Waals surface area contributed by atoms with Crippen LogP contribution in [0.3, 0.4) is 0 Å². The Kier molecular flexibility index (Phi) is 3.89. The molecule has 1 heterocycles. The highest BCUT2D eigenvalue weighted by Crippen LogP contribution is 2.46. The number of methoxy groups -OCH3 is 1. The molecule has 0 spiro atoms. The highest BCUT2D eigenvalue weighted by atomic mass is 35.5. The van der Waals surface area contributed by atoms with Crippen LogP contribution in [-0.4, -0.2) is 13.1 Å². The third kappa shape index (κ3) is 2.75. The molecule has 0 fully saturated rings. The number of hydrogen-bond donors (Lipinski definition) is 0. The number of fused-ring (bicyclic) bond motifs is 3. The molecule has 1 aliphatic rings. The summed E-state index contributed by atoms with van der Waals surface area (Å²) >= 11 is 6.03. The second-order valence-electron chi connectivity index (χ2n) is 6.30. The number of carbonyl (C=O) groups is 1. The van der Waals surface area contributed by atoms with E-state index < -0.39 is 5.60 Å². The lowest BCUT2D eigenvalue weighted by Gasteiger charge is -2.28. The number of rotatable bonds is 3. The molecule has 4 heteroatoms. The van der Waals surface area contributed by atoms with Gasteiger partial charge in [0.15, 0.2) is 0 Å². The van der Waals surface area contributed by atoms with Gasteiger partial charge in [-0.25, -0.2) is 0 Å². The van der Waals surface area contributed by atoms with Gasteiger partial charge < -0.3 is 9.47 Å². The summed E-state index contributed by atoms with van der Waals surface area (Å²) in [7, 11) is 1.40. The lowest BCUT2D eigenvalue weighted by molar-refractivity contribution is -0.145. The van der Waals surface area contributed by atoms with Crippen LogP contribution in [0.4, 0.5) is 0 Å². The summed E-state index contributed by atoms with van der Waals surface area (Å²) in [4.78, 5) is 12.1. The first-order valence-corrected chi connectivity index (χ1v) is 8.52. The first-order chi connectivity index (χ1) is 12.1. The molecule has 0 saturated heterocycles. The van der Waals surface area contributed by atoms with Crippen LogP contribution in [0, 0.1) is 0 Å². The first-order valence-electron chi connectivity index (χ1n) is 8.14. The van der Waals surface area contributed by atoms with E-state index in [4.69, 9.17) is 21.1 Å². The Hall–Kier alpha value is -2.52. The Morgan fingerprint density at radius 1 is 1.12 bits per heavy atom. The van der Waals surface area contributed by atoms with Crippen molar-refractivity contribution in [1.82, 2.24) is 0 Å². The normalized spacial score (nSPS) is 18.6. The van der Waals surface area contributed by atoms with Crippen LogP contribution in [0.5, 0.6) is 5.75 Å². The lowest BCUT2D eigenvalue weighted by Crippen LogP contribution is -2.34. The van der Waals surface area contributed by atoms with Gasteiger partial charge in [0.05, 0.1) is 13.5 Å². The van der Waals surface area contributed by atoms with Crippen molar-refractivity contribution >= 4 is 28.3 Å². The standard InChI is InChI=1S/C21H17ClO3/c1-24-20(23)13-21(15-7-9-16(22)10-8-15)12-18-17-5-3-2-4-14(17)6-11-19(18)25-21/h2-11H,12-13H2,1H3. The van der Waals surface area contributed by atoms with Gasteiger partial charge in [0.25, 0.3) is 0 Å². The predicted molar refractivity (Wildman–Crippen MR) is 98.0 cm³/mol. The summed E-state index contributed by atoms with van der Waals surface area (Å²) in [5, 5.41) is 2.97. The number of benzene rings is 3. The number of halogens is 1. The van der Waals surface area contributed by atoms with E-state index in [9.17, 15) is 4.79 Å². The van der Waals surface area contributed by atoms with Crippen molar-refractivity contribution in [3.05, 3.63) is 76.8 Å². The van der Waals surface area contributed by atoms with E-state index in [2.05, 4.69) is 12.1 Å². The van der Waals surface area contributed by atoms with Crippen molar-refractivity contribution in [2.45, 2.75) is 18.4 Å². The van der Waals surface area contributed by atoms with Crippen LogP contribution in [0.25, 0.3) is 10.8 Å². The summed E-state index contributed by atoms with van der Waals surface area (Å²) in [5.41, 5.74) is 1.27. The highest BCUT2D eigenvalue weighted by Gasteiger charge is 2.44. The van der Waals surface area contributed by atoms with Crippen molar-refractivity contribution in [2.24, 2.45) is 0 Å². The number of hydrogen-bond acceptors (Lipinski definition) is 3. The molecular weight excluding hydrogens is 336 g/mol. The van der Waals surface area contributed by atoms with Gasteiger partial charge >= 0.3 is 5.97 Å². The Balaban J connectivity index is 1.84. The van der Waals surface area contributed by atoms with Gasteiger partial charge in [-0.2, -0.15) is 0 Å². The molecule has 3 aromatic rings. The van der Waals surface area contributed by atoms with E-state index in [0.29, 0.717) is 11.4 Å². The van der Waals surface area contributed by atoms with Crippen LogP contribution in [0.15, 0.2) is 60.7 Å². The monoisotopic (exact) mass is 352 g/mol. The number of ether oxygens (including phenoxy) is 2. The summed E-state index contributed by atoms with van der Waals surface area (Å²) in [6.45, 7) is 0. The number of esters is 1. The summed E-state index contributed by atoms with van der Waals surface area (Å²) in [6, 6.07) is 19.7. The Bertz CT molecular complexity index is 949.